The first kappa shape index (κ1) is 25.4. The second kappa shape index (κ2) is 13.6. The van der Waals surface area contributed by atoms with E-state index in [-0.39, 0.29) is 0 Å². The first-order chi connectivity index (χ1) is 13.8. The summed E-state index contributed by atoms with van der Waals surface area (Å²) in [6.07, 6.45) is 7.57. The van der Waals surface area contributed by atoms with Crippen LogP contribution in [0.1, 0.15) is 107 Å². The SMILES string of the molecule is CCCCCCCCCCCC(CCC)OC(=O)c1cc(C(F)(F)F)ccc1F. The second-order valence-corrected chi connectivity index (χ2v) is 7.63. The monoisotopic (exact) mass is 418 g/mol. The van der Waals surface area contributed by atoms with Crippen molar-refractivity contribution in [3.63, 3.8) is 0 Å². The second-order valence-electron chi connectivity index (χ2n) is 7.63. The van der Waals surface area contributed by atoms with E-state index in [9.17, 15) is 22.4 Å². The number of unbranched alkanes of at least 4 members (excludes halogenated alkanes) is 8. The number of carbonyl (C=O) groups excluding carboxylic acids is 1. The molecule has 1 aromatic carbocycles. The maximum Gasteiger partial charge on any atom is 0.416 e. The van der Waals surface area contributed by atoms with Gasteiger partial charge in [-0.3, -0.25) is 0 Å². The summed E-state index contributed by atoms with van der Waals surface area (Å²) in [5.41, 5.74) is -1.72. The van der Waals surface area contributed by atoms with E-state index in [4.69, 9.17) is 4.74 Å². The highest BCUT2D eigenvalue weighted by Gasteiger charge is 2.32. The molecule has 29 heavy (non-hydrogen) atoms. The normalized spacial score (nSPS) is 12.8. The molecule has 0 heterocycles. The van der Waals surface area contributed by atoms with Gasteiger partial charge in [0, 0.05) is 0 Å². The van der Waals surface area contributed by atoms with Crippen molar-refractivity contribution in [2.24, 2.45) is 0 Å². The molecule has 0 aliphatic heterocycles. The van der Waals surface area contributed by atoms with Gasteiger partial charge in [-0.2, -0.15) is 13.2 Å². The van der Waals surface area contributed by atoms with E-state index < -0.39 is 35.2 Å². The van der Waals surface area contributed by atoms with Crippen molar-refractivity contribution >= 4 is 5.97 Å². The van der Waals surface area contributed by atoms with Crippen molar-refractivity contribution in [3.05, 3.63) is 35.1 Å². The van der Waals surface area contributed by atoms with Crippen LogP contribution in [0.15, 0.2) is 18.2 Å². The Balaban J connectivity index is 2.48. The summed E-state index contributed by atoms with van der Waals surface area (Å²) in [6.45, 7) is 4.14. The Morgan fingerprint density at radius 3 is 2.03 bits per heavy atom. The van der Waals surface area contributed by atoms with Crippen LogP contribution in [-0.2, 0) is 10.9 Å². The number of benzene rings is 1. The lowest BCUT2D eigenvalue weighted by atomic mass is 10.0. The van der Waals surface area contributed by atoms with Crippen LogP contribution in [0.25, 0.3) is 0 Å². The average molecular weight is 419 g/mol. The highest BCUT2D eigenvalue weighted by atomic mass is 19.4. The Morgan fingerprint density at radius 1 is 0.897 bits per heavy atom. The zero-order valence-electron chi connectivity index (χ0n) is 17.6. The van der Waals surface area contributed by atoms with Crippen molar-refractivity contribution in [2.45, 2.75) is 103 Å². The van der Waals surface area contributed by atoms with E-state index in [1.807, 2.05) is 6.92 Å². The molecule has 1 unspecified atom stereocenters. The van der Waals surface area contributed by atoms with Gasteiger partial charge in [-0.1, -0.05) is 71.6 Å². The highest BCUT2D eigenvalue weighted by Crippen LogP contribution is 2.30. The van der Waals surface area contributed by atoms with Gasteiger partial charge in [-0.25, -0.2) is 9.18 Å². The molecule has 0 bridgehead atoms. The van der Waals surface area contributed by atoms with Gasteiger partial charge in [0.2, 0.25) is 0 Å². The number of hydrogen-bond acceptors (Lipinski definition) is 2. The molecule has 0 N–H and O–H groups in total. The molecule has 1 rings (SSSR count). The van der Waals surface area contributed by atoms with Gasteiger partial charge in [0.15, 0.2) is 0 Å². The molecule has 0 aliphatic rings. The Labute approximate surface area is 172 Å². The van der Waals surface area contributed by atoms with E-state index in [0.29, 0.717) is 31.0 Å². The van der Waals surface area contributed by atoms with Crippen molar-refractivity contribution in [3.8, 4) is 0 Å². The number of carbonyl (C=O) groups is 1. The molecule has 0 spiro atoms. The minimum Gasteiger partial charge on any atom is -0.459 e. The molecule has 0 aromatic heterocycles. The topological polar surface area (TPSA) is 26.3 Å². The van der Waals surface area contributed by atoms with Crippen LogP contribution in [0.4, 0.5) is 17.6 Å². The lowest BCUT2D eigenvalue weighted by Crippen LogP contribution is -2.20. The van der Waals surface area contributed by atoms with Crippen LogP contribution in [0.3, 0.4) is 0 Å². The predicted molar refractivity (Wildman–Crippen MR) is 107 cm³/mol. The average Bonchev–Trinajstić information content (AvgIpc) is 2.66. The minimum absolute atomic E-state index is 0.397. The molecule has 1 aromatic rings. The van der Waals surface area contributed by atoms with Crippen LogP contribution >= 0.6 is 0 Å². The fourth-order valence-electron chi connectivity index (χ4n) is 3.34. The lowest BCUT2D eigenvalue weighted by Gasteiger charge is -2.18. The molecule has 0 saturated carbocycles. The number of esters is 1. The minimum atomic E-state index is -4.64. The van der Waals surface area contributed by atoms with Gasteiger partial charge in [-0.05, 0) is 37.5 Å². The molecular formula is C23H34F4O2. The quantitative estimate of drug-likeness (QED) is 0.173. The maximum absolute atomic E-state index is 13.9. The summed E-state index contributed by atoms with van der Waals surface area (Å²) in [7, 11) is 0. The van der Waals surface area contributed by atoms with Crippen molar-refractivity contribution in [1.82, 2.24) is 0 Å². The van der Waals surface area contributed by atoms with Gasteiger partial charge >= 0.3 is 12.1 Å². The van der Waals surface area contributed by atoms with Crippen LogP contribution in [0, 0.1) is 5.82 Å². The third-order valence-corrected chi connectivity index (χ3v) is 5.03. The summed E-state index contributed by atoms with van der Waals surface area (Å²) >= 11 is 0. The lowest BCUT2D eigenvalue weighted by molar-refractivity contribution is -0.137. The Kier molecular flexibility index (Phi) is 11.9. The van der Waals surface area contributed by atoms with Gasteiger partial charge in [0.05, 0.1) is 11.1 Å². The summed E-state index contributed by atoms with van der Waals surface area (Å²) in [4.78, 5) is 12.3. The van der Waals surface area contributed by atoms with Crippen LogP contribution in [0.2, 0.25) is 0 Å². The van der Waals surface area contributed by atoms with Crippen molar-refractivity contribution in [1.29, 1.82) is 0 Å². The Bertz CT molecular complexity index is 599. The molecular weight excluding hydrogens is 384 g/mol. The summed E-state index contributed by atoms with van der Waals surface area (Å²) in [5, 5.41) is 0. The van der Waals surface area contributed by atoms with Crippen LogP contribution in [0.5, 0.6) is 0 Å². The summed E-state index contributed by atoms with van der Waals surface area (Å²) in [5.74, 6) is -2.02. The van der Waals surface area contributed by atoms with Gasteiger partial charge < -0.3 is 4.74 Å². The predicted octanol–water partition coefficient (Wildman–Crippen LogP) is 8.09. The molecule has 0 aliphatic carbocycles. The molecule has 6 heteroatoms. The first-order valence-electron chi connectivity index (χ1n) is 10.9. The molecule has 0 fully saturated rings. The van der Waals surface area contributed by atoms with Crippen molar-refractivity contribution < 1.29 is 27.1 Å². The first-order valence-corrected chi connectivity index (χ1v) is 10.9. The zero-order chi connectivity index (χ0) is 21.7. The molecule has 0 radical (unpaired) electrons. The molecule has 0 amide bonds. The highest BCUT2D eigenvalue weighted by molar-refractivity contribution is 5.90. The summed E-state index contributed by atoms with van der Waals surface area (Å²) < 4.78 is 57.7. The van der Waals surface area contributed by atoms with E-state index in [2.05, 4.69) is 6.92 Å². The fourth-order valence-corrected chi connectivity index (χ4v) is 3.34. The van der Waals surface area contributed by atoms with Gasteiger partial charge in [0.1, 0.15) is 11.9 Å². The molecule has 0 saturated heterocycles. The van der Waals surface area contributed by atoms with Crippen LogP contribution < -0.4 is 0 Å². The number of halogens is 4. The third kappa shape index (κ3) is 10.1. The van der Waals surface area contributed by atoms with Gasteiger partial charge in [0.25, 0.3) is 0 Å². The van der Waals surface area contributed by atoms with E-state index in [0.717, 1.165) is 25.7 Å². The number of hydrogen-bond donors (Lipinski definition) is 0. The zero-order valence-corrected chi connectivity index (χ0v) is 17.6. The largest absolute Gasteiger partial charge is 0.459 e. The fraction of sp³-hybridized carbons (Fsp3) is 0.696. The number of rotatable bonds is 14. The smallest absolute Gasteiger partial charge is 0.416 e. The maximum atomic E-state index is 13.9. The number of ether oxygens (including phenoxy) is 1. The van der Waals surface area contributed by atoms with E-state index in [1.54, 1.807) is 0 Å². The number of alkyl halides is 3. The Hall–Kier alpha value is -1.59. The summed E-state index contributed by atoms with van der Waals surface area (Å²) in [6, 6.07) is 1.81. The van der Waals surface area contributed by atoms with Gasteiger partial charge in [-0.15, -0.1) is 0 Å². The van der Waals surface area contributed by atoms with Crippen molar-refractivity contribution in [2.75, 3.05) is 0 Å². The Morgan fingerprint density at radius 2 is 1.48 bits per heavy atom. The third-order valence-electron chi connectivity index (χ3n) is 5.03. The van der Waals surface area contributed by atoms with E-state index >= 15 is 0 Å². The van der Waals surface area contributed by atoms with Crippen LogP contribution in [-0.4, -0.2) is 12.1 Å². The van der Waals surface area contributed by atoms with E-state index in [1.165, 1.54) is 38.5 Å². The standard InChI is InChI=1S/C23H34F4O2/c1-3-5-6-7-8-9-10-11-12-14-19(13-4-2)29-22(28)20-17-18(23(25,26)27)15-16-21(20)24/h15-17,19H,3-14H2,1-2H3. The molecule has 166 valence electrons. The molecule has 1 atom stereocenters. The molecule has 2 nitrogen and oxygen atoms in total.